The number of H-pyrrole nitrogens is 1. The maximum Gasteiger partial charge on any atom is 0.330 e. The number of aromatic nitrogens is 2. The van der Waals surface area contributed by atoms with Gasteiger partial charge in [0.2, 0.25) is 0 Å². The molecule has 0 unspecified atom stereocenters. The Morgan fingerprint density at radius 1 is 1.18 bits per heavy atom. The molecule has 0 aliphatic heterocycles. The third-order valence-corrected chi connectivity index (χ3v) is 2.47. The van der Waals surface area contributed by atoms with Crippen molar-refractivity contribution < 1.29 is 5.11 Å². The molecule has 88 valence electrons. The molecule has 0 fully saturated rings. The van der Waals surface area contributed by atoms with Crippen LogP contribution >= 0.6 is 0 Å². The Morgan fingerprint density at radius 2 is 1.88 bits per heavy atom. The molecule has 0 bridgehead atoms. The molecule has 0 amide bonds. The summed E-state index contributed by atoms with van der Waals surface area (Å²) in [5, 5.41) is 8.94. The molecule has 2 aromatic rings. The van der Waals surface area contributed by atoms with Crippen molar-refractivity contribution in [2.24, 2.45) is 0 Å². The second-order valence-corrected chi connectivity index (χ2v) is 3.69. The standard InChI is InChI=1S/C12H12N2O3/c15-8-14-7-10(11(16)13-12(14)17)6-9-4-2-1-3-5-9/h1-5,7,15H,6,8H2,(H,13,16,17). The highest BCUT2D eigenvalue weighted by atomic mass is 16.3. The van der Waals surface area contributed by atoms with E-state index in [1.165, 1.54) is 6.20 Å². The fraction of sp³-hybridized carbons (Fsp3) is 0.167. The molecule has 17 heavy (non-hydrogen) atoms. The summed E-state index contributed by atoms with van der Waals surface area (Å²) >= 11 is 0. The van der Waals surface area contributed by atoms with Gasteiger partial charge < -0.3 is 5.11 Å². The van der Waals surface area contributed by atoms with Crippen molar-refractivity contribution in [2.45, 2.75) is 13.2 Å². The molecule has 1 heterocycles. The SMILES string of the molecule is O=c1[nH]c(=O)n(CO)cc1Cc1ccccc1. The molecular formula is C12H12N2O3. The molecule has 2 rings (SSSR count). The van der Waals surface area contributed by atoms with Gasteiger partial charge in [0.15, 0.2) is 0 Å². The van der Waals surface area contributed by atoms with Crippen LogP contribution in [0.5, 0.6) is 0 Å². The van der Waals surface area contributed by atoms with E-state index in [-0.39, 0.29) is 0 Å². The van der Waals surface area contributed by atoms with Gasteiger partial charge in [0.25, 0.3) is 5.56 Å². The molecule has 0 aliphatic carbocycles. The number of nitrogens with zero attached hydrogens (tertiary/aromatic N) is 1. The number of aromatic amines is 1. The van der Waals surface area contributed by atoms with Crippen LogP contribution < -0.4 is 11.2 Å². The zero-order chi connectivity index (χ0) is 12.3. The second kappa shape index (κ2) is 4.80. The Kier molecular flexibility index (Phi) is 3.20. The topological polar surface area (TPSA) is 75.1 Å². The first-order chi connectivity index (χ1) is 8.20. The van der Waals surface area contributed by atoms with E-state index in [1.54, 1.807) is 0 Å². The molecule has 5 nitrogen and oxygen atoms in total. The lowest BCUT2D eigenvalue weighted by Gasteiger charge is -2.04. The zero-order valence-electron chi connectivity index (χ0n) is 9.09. The van der Waals surface area contributed by atoms with E-state index in [0.717, 1.165) is 10.1 Å². The summed E-state index contributed by atoms with van der Waals surface area (Å²) in [6.45, 7) is -0.447. The van der Waals surface area contributed by atoms with Crippen LogP contribution in [-0.4, -0.2) is 14.7 Å². The zero-order valence-corrected chi connectivity index (χ0v) is 9.09. The van der Waals surface area contributed by atoms with E-state index in [2.05, 4.69) is 4.98 Å². The van der Waals surface area contributed by atoms with Crippen LogP contribution in [-0.2, 0) is 13.2 Å². The van der Waals surface area contributed by atoms with Crippen LogP contribution in [0.2, 0.25) is 0 Å². The molecule has 2 N–H and O–H groups in total. The van der Waals surface area contributed by atoms with Crippen LogP contribution in [0.15, 0.2) is 46.1 Å². The maximum atomic E-state index is 11.6. The van der Waals surface area contributed by atoms with Gasteiger partial charge in [0.05, 0.1) is 0 Å². The quantitative estimate of drug-likeness (QED) is 0.786. The largest absolute Gasteiger partial charge is 0.376 e. The van der Waals surface area contributed by atoms with Crippen molar-refractivity contribution in [1.82, 2.24) is 9.55 Å². The predicted octanol–water partition coefficient (Wildman–Crippen LogP) is 0.0772. The molecule has 0 spiro atoms. The average Bonchev–Trinajstić information content (AvgIpc) is 2.34. The Hall–Kier alpha value is -2.14. The van der Waals surface area contributed by atoms with E-state index in [1.807, 2.05) is 30.3 Å². The number of rotatable bonds is 3. The number of nitrogens with one attached hydrogen (secondary N) is 1. The third kappa shape index (κ3) is 2.51. The van der Waals surface area contributed by atoms with Gasteiger partial charge >= 0.3 is 5.69 Å². The van der Waals surface area contributed by atoms with Crippen molar-refractivity contribution in [3.8, 4) is 0 Å². The Labute approximate surface area is 97.0 Å². The molecule has 1 aromatic carbocycles. The molecule has 5 heteroatoms. The number of aliphatic hydroxyl groups excluding tert-OH is 1. The minimum Gasteiger partial charge on any atom is -0.376 e. The van der Waals surface area contributed by atoms with Crippen molar-refractivity contribution in [3.63, 3.8) is 0 Å². The number of aliphatic hydroxyl groups is 1. The lowest BCUT2D eigenvalue weighted by atomic mass is 10.1. The van der Waals surface area contributed by atoms with Crippen LogP contribution in [0.4, 0.5) is 0 Å². The lowest BCUT2D eigenvalue weighted by molar-refractivity contribution is 0.203. The van der Waals surface area contributed by atoms with E-state index in [4.69, 9.17) is 5.11 Å². The molecule has 1 aromatic heterocycles. The van der Waals surface area contributed by atoms with Crippen molar-refractivity contribution in [2.75, 3.05) is 0 Å². The summed E-state index contributed by atoms with van der Waals surface area (Å²) in [5.74, 6) is 0. The van der Waals surface area contributed by atoms with Crippen LogP contribution in [0.1, 0.15) is 11.1 Å². The first-order valence-corrected chi connectivity index (χ1v) is 5.18. The van der Waals surface area contributed by atoms with Gasteiger partial charge in [-0.05, 0) is 5.56 Å². The normalized spacial score (nSPS) is 10.4. The molecule has 0 atom stereocenters. The third-order valence-electron chi connectivity index (χ3n) is 2.47. The first-order valence-electron chi connectivity index (χ1n) is 5.18. The summed E-state index contributed by atoms with van der Waals surface area (Å²) < 4.78 is 1.06. The van der Waals surface area contributed by atoms with Gasteiger partial charge in [0.1, 0.15) is 6.73 Å². The van der Waals surface area contributed by atoms with Crippen LogP contribution in [0.25, 0.3) is 0 Å². The van der Waals surface area contributed by atoms with Gasteiger partial charge in [-0.1, -0.05) is 30.3 Å². The molecule has 0 aliphatic rings. The highest BCUT2D eigenvalue weighted by molar-refractivity contribution is 5.22. The first kappa shape index (κ1) is 11.3. The van der Waals surface area contributed by atoms with E-state index < -0.39 is 18.0 Å². The molecular weight excluding hydrogens is 220 g/mol. The number of hydrogen-bond donors (Lipinski definition) is 2. The van der Waals surface area contributed by atoms with Crippen molar-refractivity contribution >= 4 is 0 Å². The van der Waals surface area contributed by atoms with E-state index >= 15 is 0 Å². The lowest BCUT2D eigenvalue weighted by Crippen LogP contribution is -2.31. The van der Waals surface area contributed by atoms with Crippen molar-refractivity contribution in [3.05, 3.63) is 68.5 Å². The minimum absolute atomic E-state index is 0.413. The average molecular weight is 232 g/mol. The Bertz CT molecular complexity index is 614. The number of benzene rings is 1. The minimum atomic E-state index is -0.602. The summed E-state index contributed by atoms with van der Waals surface area (Å²) in [4.78, 5) is 25.0. The monoisotopic (exact) mass is 232 g/mol. The predicted molar refractivity (Wildman–Crippen MR) is 62.8 cm³/mol. The smallest absolute Gasteiger partial charge is 0.330 e. The summed E-state index contributed by atoms with van der Waals surface area (Å²) in [6.07, 6.45) is 1.81. The van der Waals surface area contributed by atoms with Gasteiger partial charge in [0, 0.05) is 18.2 Å². The molecule has 0 radical (unpaired) electrons. The van der Waals surface area contributed by atoms with Gasteiger partial charge in [-0.3, -0.25) is 14.3 Å². The summed E-state index contributed by atoms with van der Waals surface area (Å²) in [5.41, 5.74) is 0.406. The number of hydrogen-bond acceptors (Lipinski definition) is 3. The van der Waals surface area contributed by atoms with Crippen molar-refractivity contribution in [1.29, 1.82) is 0 Å². The highest BCUT2D eigenvalue weighted by Crippen LogP contribution is 2.03. The van der Waals surface area contributed by atoms with Gasteiger partial charge in [-0.25, -0.2) is 4.79 Å². The van der Waals surface area contributed by atoms with E-state index in [0.29, 0.717) is 12.0 Å². The van der Waals surface area contributed by atoms with E-state index in [9.17, 15) is 9.59 Å². The molecule has 0 saturated heterocycles. The van der Waals surface area contributed by atoms with Gasteiger partial charge in [-0.15, -0.1) is 0 Å². The van der Waals surface area contributed by atoms with Crippen LogP contribution in [0, 0.1) is 0 Å². The highest BCUT2D eigenvalue weighted by Gasteiger charge is 2.04. The molecule has 0 saturated carbocycles. The Morgan fingerprint density at radius 3 is 2.53 bits per heavy atom. The second-order valence-electron chi connectivity index (χ2n) is 3.69. The fourth-order valence-corrected chi connectivity index (χ4v) is 1.60. The summed E-state index contributed by atoms with van der Waals surface area (Å²) in [7, 11) is 0. The Balaban J connectivity index is 2.40. The maximum absolute atomic E-state index is 11.6. The fourth-order valence-electron chi connectivity index (χ4n) is 1.60. The van der Waals surface area contributed by atoms with Gasteiger partial charge in [-0.2, -0.15) is 0 Å². The van der Waals surface area contributed by atoms with Crippen LogP contribution in [0.3, 0.4) is 0 Å². The summed E-state index contributed by atoms with van der Waals surface area (Å²) in [6, 6.07) is 9.45.